The molecule has 0 bridgehead atoms. The van der Waals surface area contributed by atoms with E-state index in [1.54, 1.807) is 12.4 Å². The molecule has 168 valence electrons. The summed E-state index contributed by atoms with van der Waals surface area (Å²) in [5, 5.41) is 20.0. The zero-order valence-electron chi connectivity index (χ0n) is 18.8. The molecule has 0 amide bonds. The second kappa shape index (κ2) is 9.32. The predicted molar refractivity (Wildman–Crippen MR) is 133 cm³/mol. The Morgan fingerprint density at radius 3 is 2.41 bits per heavy atom. The van der Waals surface area contributed by atoms with Crippen LogP contribution in [0, 0.1) is 6.92 Å². The standard InChI is InChI=1S/C29H25N3O2/c1-19-5-4-8-23(15-19)26(29(33)34)17-25-18-27(32-31-25)28(21-11-13-30-14-12-21)24-10-9-20-6-2-3-7-22(20)16-24/h2-16,18,26,28H,17H2,1H3,(H,31,32)(H,33,34). The highest BCUT2D eigenvalue weighted by Gasteiger charge is 2.24. The van der Waals surface area contributed by atoms with Crippen molar-refractivity contribution < 1.29 is 9.90 Å². The van der Waals surface area contributed by atoms with Gasteiger partial charge in [0, 0.05) is 24.5 Å². The van der Waals surface area contributed by atoms with Crippen LogP contribution in [0.4, 0.5) is 0 Å². The molecule has 0 saturated heterocycles. The summed E-state index contributed by atoms with van der Waals surface area (Å²) in [5.74, 6) is -1.59. The fourth-order valence-electron chi connectivity index (χ4n) is 4.56. The lowest BCUT2D eigenvalue weighted by molar-refractivity contribution is -0.138. The van der Waals surface area contributed by atoms with E-state index < -0.39 is 11.9 Å². The summed E-state index contributed by atoms with van der Waals surface area (Å²) in [6, 6.07) is 28.4. The fraction of sp³-hybridized carbons (Fsp3) is 0.138. The molecule has 2 unspecified atom stereocenters. The largest absolute Gasteiger partial charge is 0.481 e. The number of nitrogens with one attached hydrogen (secondary N) is 1. The predicted octanol–water partition coefficient (Wildman–Crippen LogP) is 5.86. The first kappa shape index (κ1) is 21.6. The number of carbonyl (C=O) groups is 1. The quantitative estimate of drug-likeness (QED) is 0.328. The Hall–Kier alpha value is -4.25. The lowest BCUT2D eigenvalue weighted by atomic mass is 9.87. The number of fused-ring (bicyclic) bond motifs is 1. The number of carboxylic acid groups (broad SMARTS) is 1. The van der Waals surface area contributed by atoms with Crippen LogP contribution in [-0.2, 0) is 11.2 Å². The molecular weight excluding hydrogens is 422 g/mol. The lowest BCUT2D eigenvalue weighted by Crippen LogP contribution is -2.14. The maximum atomic E-state index is 12.1. The first-order chi connectivity index (χ1) is 16.6. The van der Waals surface area contributed by atoms with Gasteiger partial charge in [0.25, 0.3) is 0 Å². The topological polar surface area (TPSA) is 78.9 Å². The van der Waals surface area contributed by atoms with Crippen molar-refractivity contribution >= 4 is 16.7 Å². The van der Waals surface area contributed by atoms with Crippen LogP contribution in [0.3, 0.4) is 0 Å². The third-order valence-electron chi connectivity index (χ3n) is 6.26. The van der Waals surface area contributed by atoms with Gasteiger partial charge in [-0.3, -0.25) is 14.9 Å². The molecule has 2 atom stereocenters. The molecule has 0 aliphatic rings. The number of nitrogens with zero attached hydrogens (tertiary/aromatic N) is 2. The Labute approximate surface area is 198 Å². The second-order valence-electron chi connectivity index (χ2n) is 8.65. The van der Waals surface area contributed by atoms with E-state index in [0.29, 0.717) is 6.42 Å². The number of aromatic nitrogens is 3. The number of hydrogen-bond donors (Lipinski definition) is 2. The van der Waals surface area contributed by atoms with Crippen molar-refractivity contribution in [1.29, 1.82) is 0 Å². The summed E-state index contributed by atoms with van der Waals surface area (Å²) in [6.07, 6.45) is 3.91. The Kier molecular flexibility index (Phi) is 5.91. The second-order valence-corrected chi connectivity index (χ2v) is 8.65. The highest BCUT2D eigenvalue weighted by atomic mass is 16.4. The minimum atomic E-state index is -0.845. The average molecular weight is 448 g/mol. The van der Waals surface area contributed by atoms with E-state index in [1.165, 1.54) is 10.8 Å². The molecule has 5 nitrogen and oxygen atoms in total. The van der Waals surface area contributed by atoms with Gasteiger partial charge >= 0.3 is 5.97 Å². The lowest BCUT2D eigenvalue weighted by Gasteiger charge is -2.16. The summed E-state index contributed by atoms with van der Waals surface area (Å²) < 4.78 is 0. The van der Waals surface area contributed by atoms with Gasteiger partial charge in [-0.15, -0.1) is 0 Å². The Morgan fingerprint density at radius 2 is 1.65 bits per heavy atom. The van der Waals surface area contributed by atoms with Crippen molar-refractivity contribution in [3.05, 3.63) is 131 Å². The van der Waals surface area contributed by atoms with Crippen LogP contribution >= 0.6 is 0 Å². The SMILES string of the molecule is Cc1cccc(C(Cc2cc(C(c3ccncc3)c3ccc4ccccc4c3)n[nH]2)C(=O)O)c1. The minimum absolute atomic E-state index is 0.0974. The van der Waals surface area contributed by atoms with E-state index in [2.05, 4.69) is 45.5 Å². The van der Waals surface area contributed by atoms with Crippen molar-refractivity contribution in [2.24, 2.45) is 0 Å². The summed E-state index contributed by atoms with van der Waals surface area (Å²) in [5.41, 5.74) is 5.69. The number of benzene rings is 3. The zero-order valence-corrected chi connectivity index (χ0v) is 18.8. The molecule has 34 heavy (non-hydrogen) atoms. The van der Waals surface area contributed by atoms with Gasteiger partial charge in [-0.1, -0.05) is 72.3 Å². The van der Waals surface area contributed by atoms with Crippen molar-refractivity contribution in [3.8, 4) is 0 Å². The van der Waals surface area contributed by atoms with Crippen LogP contribution in [0.5, 0.6) is 0 Å². The number of pyridine rings is 1. The van der Waals surface area contributed by atoms with E-state index in [0.717, 1.165) is 33.6 Å². The minimum Gasteiger partial charge on any atom is -0.481 e. The van der Waals surface area contributed by atoms with Crippen molar-refractivity contribution in [3.63, 3.8) is 0 Å². The van der Waals surface area contributed by atoms with E-state index in [4.69, 9.17) is 0 Å². The van der Waals surface area contributed by atoms with Crippen molar-refractivity contribution in [2.75, 3.05) is 0 Å². The Bertz CT molecular complexity index is 1440. The van der Waals surface area contributed by atoms with Crippen LogP contribution < -0.4 is 0 Å². The summed E-state index contributed by atoms with van der Waals surface area (Å²) >= 11 is 0. The van der Waals surface area contributed by atoms with E-state index in [9.17, 15) is 9.90 Å². The van der Waals surface area contributed by atoms with Gasteiger partial charge < -0.3 is 5.11 Å². The normalized spacial score (nSPS) is 13.0. The maximum Gasteiger partial charge on any atom is 0.311 e. The van der Waals surface area contributed by atoms with Crippen LogP contribution in [0.2, 0.25) is 0 Å². The summed E-state index contributed by atoms with van der Waals surface area (Å²) in [7, 11) is 0. The monoisotopic (exact) mass is 447 g/mol. The van der Waals surface area contributed by atoms with Gasteiger partial charge in [-0.2, -0.15) is 5.10 Å². The molecule has 3 aromatic carbocycles. The summed E-state index contributed by atoms with van der Waals surface area (Å²) in [4.78, 5) is 16.3. The molecular formula is C29H25N3O2. The highest BCUT2D eigenvalue weighted by molar-refractivity contribution is 5.83. The molecule has 5 aromatic rings. The first-order valence-corrected chi connectivity index (χ1v) is 11.3. The number of aliphatic carboxylic acids is 1. The summed E-state index contributed by atoms with van der Waals surface area (Å²) in [6.45, 7) is 1.97. The number of carboxylic acids is 1. The van der Waals surface area contributed by atoms with Crippen LogP contribution in [0.25, 0.3) is 10.8 Å². The molecule has 2 heterocycles. The number of hydrogen-bond acceptors (Lipinski definition) is 3. The van der Waals surface area contributed by atoms with Gasteiger partial charge in [-0.25, -0.2) is 0 Å². The molecule has 0 aliphatic carbocycles. The zero-order chi connectivity index (χ0) is 23.5. The van der Waals surface area contributed by atoms with Gasteiger partial charge in [-0.05, 0) is 52.6 Å². The third-order valence-corrected chi connectivity index (χ3v) is 6.26. The average Bonchev–Trinajstić information content (AvgIpc) is 3.31. The van der Waals surface area contributed by atoms with Crippen LogP contribution in [0.15, 0.2) is 97.3 Å². The van der Waals surface area contributed by atoms with Crippen molar-refractivity contribution in [2.45, 2.75) is 25.2 Å². The van der Waals surface area contributed by atoms with Gasteiger partial charge in [0.2, 0.25) is 0 Å². The van der Waals surface area contributed by atoms with E-state index in [1.807, 2.05) is 61.5 Å². The third kappa shape index (κ3) is 4.46. The van der Waals surface area contributed by atoms with Gasteiger partial charge in [0.1, 0.15) is 0 Å². The molecule has 0 fully saturated rings. The number of aryl methyl sites for hydroxylation is 1. The molecule has 2 N–H and O–H groups in total. The molecule has 5 rings (SSSR count). The highest BCUT2D eigenvalue weighted by Crippen LogP contribution is 2.33. The van der Waals surface area contributed by atoms with E-state index >= 15 is 0 Å². The van der Waals surface area contributed by atoms with E-state index in [-0.39, 0.29) is 5.92 Å². The molecule has 0 spiro atoms. The fourth-order valence-corrected chi connectivity index (χ4v) is 4.56. The molecule has 0 aliphatic heterocycles. The van der Waals surface area contributed by atoms with Crippen LogP contribution in [-0.4, -0.2) is 26.3 Å². The molecule has 2 aromatic heterocycles. The number of H-pyrrole nitrogens is 1. The Morgan fingerprint density at radius 1 is 0.853 bits per heavy atom. The van der Waals surface area contributed by atoms with Gasteiger partial charge in [0.05, 0.1) is 17.5 Å². The smallest absolute Gasteiger partial charge is 0.311 e. The van der Waals surface area contributed by atoms with Gasteiger partial charge in [0.15, 0.2) is 0 Å². The molecule has 0 radical (unpaired) electrons. The number of rotatable bonds is 7. The number of aromatic amines is 1. The maximum absolute atomic E-state index is 12.1. The Balaban J connectivity index is 1.52. The van der Waals surface area contributed by atoms with Crippen LogP contribution in [0.1, 0.15) is 45.5 Å². The first-order valence-electron chi connectivity index (χ1n) is 11.3. The van der Waals surface area contributed by atoms with Crippen molar-refractivity contribution in [1.82, 2.24) is 15.2 Å². The molecule has 5 heteroatoms. The molecule has 0 saturated carbocycles.